The zero-order valence-corrected chi connectivity index (χ0v) is 15.6. The van der Waals surface area contributed by atoms with Gasteiger partial charge in [-0.3, -0.25) is 9.78 Å². The number of aromatic nitrogens is 1. The SMILES string of the molecule is COc1ccc(/C=C(\C#N)C(=O)OCC(=O)Nc2cccc3ncccc23)cc1. The van der Waals surface area contributed by atoms with E-state index in [0.29, 0.717) is 17.0 Å². The summed E-state index contributed by atoms with van der Waals surface area (Å²) in [5.41, 5.74) is 1.71. The molecule has 7 heteroatoms. The van der Waals surface area contributed by atoms with Gasteiger partial charge in [-0.25, -0.2) is 4.79 Å². The molecule has 2 aromatic carbocycles. The van der Waals surface area contributed by atoms with Crippen molar-refractivity contribution < 1.29 is 19.1 Å². The van der Waals surface area contributed by atoms with E-state index in [1.807, 2.05) is 12.1 Å². The summed E-state index contributed by atoms with van der Waals surface area (Å²) in [4.78, 5) is 28.5. The second kappa shape index (κ2) is 9.15. The average Bonchev–Trinajstić information content (AvgIpc) is 2.76. The summed E-state index contributed by atoms with van der Waals surface area (Å²) in [5, 5.41) is 12.7. The number of carbonyl (C=O) groups excluding carboxylic acids is 2. The molecule has 0 atom stereocenters. The van der Waals surface area contributed by atoms with Crippen molar-refractivity contribution in [2.24, 2.45) is 0 Å². The van der Waals surface area contributed by atoms with Gasteiger partial charge in [0.15, 0.2) is 6.61 Å². The first-order valence-corrected chi connectivity index (χ1v) is 8.67. The third-order valence-corrected chi connectivity index (χ3v) is 4.02. The molecule has 0 saturated heterocycles. The number of fused-ring (bicyclic) bond motifs is 1. The van der Waals surface area contributed by atoms with Gasteiger partial charge in [-0.05, 0) is 48.0 Å². The summed E-state index contributed by atoms with van der Waals surface area (Å²) < 4.78 is 10.0. The van der Waals surface area contributed by atoms with Crippen molar-refractivity contribution in [3.05, 3.63) is 71.9 Å². The van der Waals surface area contributed by atoms with Gasteiger partial charge < -0.3 is 14.8 Å². The van der Waals surface area contributed by atoms with Crippen LogP contribution in [0.15, 0.2) is 66.4 Å². The van der Waals surface area contributed by atoms with Crippen LogP contribution in [0.1, 0.15) is 5.56 Å². The van der Waals surface area contributed by atoms with Crippen molar-refractivity contribution in [2.75, 3.05) is 19.0 Å². The van der Waals surface area contributed by atoms with Gasteiger partial charge in [0.05, 0.1) is 18.3 Å². The number of ether oxygens (including phenoxy) is 2. The first kappa shape index (κ1) is 19.6. The number of anilines is 1. The highest BCUT2D eigenvalue weighted by molar-refractivity contribution is 6.03. The molecule has 1 aromatic heterocycles. The Labute approximate surface area is 167 Å². The Morgan fingerprint density at radius 2 is 1.93 bits per heavy atom. The third-order valence-electron chi connectivity index (χ3n) is 4.02. The molecule has 0 aliphatic heterocycles. The van der Waals surface area contributed by atoms with Gasteiger partial charge in [0, 0.05) is 11.6 Å². The number of nitriles is 1. The molecule has 0 spiro atoms. The number of esters is 1. The largest absolute Gasteiger partial charge is 0.497 e. The molecule has 3 rings (SSSR count). The van der Waals surface area contributed by atoms with Gasteiger partial charge in [0.2, 0.25) is 0 Å². The number of hydrogen-bond donors (Lipinski definition) is 1. The van der Waals surface area contributed by atoms with Gasteiger partial charge >= 0.3 is 5.97 Å². The molecular weight excluding hydrogens is 370 g/mol. The zero-order chi connectivity index (χ0) is 20.6. The fourth-order valence-electron chi connectivity index (χ4n) is 2.61. The molecule has 0 bridgehead atoms. The van der Waals surface area contributed by atoms with Gasteiger partial charge in [-0.2, -0.15) is 5.26 Å². The minimum Gasteiger partial charge on any atom is -0.497 e. The fourth-order valence-corrected chi connectivity index (χ4v) is 2.61. The summed E-state index contributed by atoms with van der Waals surface area (Å²) >= 11 is 0. The molecule has 3 aromatic rings. The van der Waals surface area contributed by atoms with Crippen LogP contribution in [0.25, 0.3) is 17.0 Å². The molecular formula is C22H17N3O4. The average molecular weight is 387 g/mol. The maximum absolute atomic E-state index is 12.2. The van der Waals surface area contributed by atoms with Gasteiger partial charge in [-0.15, -0.1) is 0 Å². The molecule has 144 valence electrons. The van der Waals surface area contributed by atoms with Crippen molar-refractivity contribution in [1.82, 2.24) is 4.98 Å². The van der Waals surface area contributed by atoms with E-state index in [1.165, 1.54) is 6.08 Å². The third kappa shape index (κ3) is 4.96. The van der Waals surface area contributed by atoms with Gasteiger partial charge in [0.1, 0.15) is 17.4 Å². The van der Waals surface area contributed by atoms with Crippen molar-refractivity contribution in [2.45, 2.75) is 0 Å². The molecule has 1 amide bonds. The molecule has 1 heterocycles. The Hall–Kier alpha value is -4.18. The number of pyridine rings is 1. The van der Waals surface area contributed by atoms with Gasteiger partial charge in [0.25, 0.3) is 5.91 Å². The van der Waals surface area contributed by atoms with Crippen LogP contribution in [-0.4, -0.2) is 30.6 Å². The van der Waals surface area contributed by atoms with E-state index in [-0.39, 0.29) is 5.57 Å². The second-order valence-electron chi connectivity index (χ2n) is 5.94. The van der Waals surface area contributed by atoms with Crippen molar-refractivity contribution in [3.63, 3.8) is 0 Å². The maximum Gasteiger partial charge on any atom is 0.349 e. The standard InChI is InChI=1S/C22H17N3O4/c1-28-17-9-7-15(8-10-17)12-16(13-23)22(27)29-14-21(26)25-20-6-2-5-19-18(20)4-3-11-24-19/h2-12H,14H2,1H3,(H,25,26)/b16-12+. The van der Waals surface area contributed by atoms with Crippen LogP contribution < -0.4 is 10.1 Å². The number of benzene rings is 2. The topological polar surface area (TPSA) is 101 Å². The number of nitrogens with one attached hydrogen (secondary N) is 1. The molecule has 0 radical (unpaired) electrons. The summed E-state index contributed by atoms with van der Waals surface area (Å²) in [5.74, 6) is -0.738. The summed E-state index contributed by atoms with van der Waals surface area (Å²) in [6.07, 6.45) is 3.05. The number of hydrogen-bond acceptors (Lipinski definition) is 6. The number of methoxy groups -OCH3 is 1. The van der Waals surface area contributed by atoms with Crippen LogP contribution in [0.5, 0.6) is 5.75 Å². The van der Waals surface area contributed by atoms with Crippen molar-refractivity contribution in [1.29, 1.82) is 5.26 Å². The quantitative estimate of drug-likeness (QED) is 0.395. The Balaban J connectivity index is 1.63. The molecule has 0 aliphatic rings. The first-order valence-electron chi connectivity index (χ1n) is 8.67. The lowest BCUT2D eigenvalue weighted by Crippen LogP contribution is -2.21. The predicted octanol–water partition coefficient (Wildman–Crippen LogP) is 3.33. The smallest absolute Gasteiger partial charge is 0.349 e. The highest BCUT2D eigenvalue weighted by Gasteiger charge is 2.14. The van der Waals surface area contributed by atoms with E-state index in [4.69, 9.17) is 9.47 Å². The second-order valence-corrected chi connectivity index (χ2v) is 5.94. The van der Waals surface area contributed by atoms with E-state index in [0.717, 1.165) is 10.9 Å². The lowest BCUT2D eigenvalue weighted by atomic mass is 10.1. The van der Waals surface area contributed by atoms with Crippen LogP contribution in [0, 0.1) is 11.3 Å². The lowest BCUT2D eigenvalue weighted by molar-refractivity contribution is -0.142. The first-order chi connectivity index (χ1) is 14.1. The number of nitrogens with zero attached hydrogens (tertiary/aromatic N) is 2. The lowest BCUT2D eigenvalue weighted by Gasteiger charge is -2.08. The minimum absolute atomic E-state index is 0.211. The molecule has 0 saturated carbocycles. The van der Waals surface area contributed by atoms with E-state index >= 15 is 0 Å². The minimum atomic E-state index is -0.877. The van der Waals surface area contributed by atoms with E-state index in [2.05, 4.69) is 10.3 Å². The van der Waals surface area contributed by atoms with E-state index in [1.54, 1.807) is 61.8 Å². The Bertz CT molecular complexity index is 1110. The fraction of sp³-hybridized carbons (Fsp3) is 0.0909. The van der Waals surface area contributed by atoms with Crippen molar-refractivity contribution in [3.8, 4) is 11.8 Å². The van der Waals surface area contributed by atoms with E-state index in [9.17, 15) is 14.9 Å². The molecule has 7 nitrogen and oxygen atoms in total. The number of carbonyl (C=O) groups is 2. The van der Waals surface area contributed by atoms with Crippen LogP contribution in [0.3, 0.4) is 0 Å². The van der Waals surface area contributed by atoms with Crippen molar-refractivity contribution >= 4 is 34.5 Å². The summed E-state index contributed by atoms with van der Waals surface area (Å²) in [6, 6.07) is 17.5. The predicted molar refractivity (Wildman–Crippen MR) is 108 cm³/mol. The Morgan fingerprint density at radius 3 is 2.66 bits per heavy atom. The molecule has 0 aliphatic carbocycles. The van der Waals surface area contributed by atoms with Crippen LogP contribution in [0.2, 0.25) is 0 Å². The molecule has 0 fully saturated rings. The molecule has 29 heavy (non-hydrogen) atoms. The Kier molecular flexibility index (Phi) is 6.18. The monoisotopic (exact) mass is 387 g/mol. The number of amides is 1. The molecule has 0 unspecified atom stereocenters. The zero-order valence-electron chi connectivity index (χ0n) is 15.6. The maximum atomic E-state index is 12.2. The van der Waals surface area contributed by atoms with E-state index < -0.39 is 18.5 Å². The summed E-state index contributed by atoms with van der Waals surface area (Å²) in [6.45, 7) is -0.517. The summed E-state index contributed by atoms with van der Waals surface area (Å²) in [7, 11) is 1.54. The highest BCUT2D eigenvalue weighted by Crippen LogP contribution is 2.21. The highest BCUT2D eigenvalue weighted by atomic mass is 16.5. The van der Waals surface area contributed by atoms with Crippen LogP contribution in [0.4, 0.5) is 5.69 Å². The normalized spacial score (nSPS) is 10.8. The van der Waals surface area contributed by atoms with Crippen LogP contribution >= 0.6 is 0 Å². The van der Waals surface area contributed by atoms with Gasteiger partial charge in [-0.1, -0.05) is 18.2 Å². The van der Waals surface area contributed by atoms with Crippen LogP contribution in [-0.2, 0) is 14.3 Å². The molecule has 1 N–H and O–H groups in total. The Morgan fingerprint density at radius 1 is 1.14 bits per heavy atom. The number of rotatable bonds is 6.